The predicted molar refractivity (Wildman–Crippen MR) is 146 cm³/mol. The number of guanidine groups is 1. The summed E-state index contributed by atoms with van der Waals surface area (Å²) in [5.41, 5.74) is 3.18. The number of methoxy groups -OCH3 is 1. The van der Waals surface area contributed by atoms with Crippen LogP contribution in [-0.2, 0) is 13.0 Å². The first kappa shape index (κ1) is 25.8. The van der Waals surface area contributed by atoms with Crippen LogP contribution in [0.5, 0.6) is 5.75 Å². The molecule has 34 heavy (non-hydrogen) atoms. The van der Waals surface area contributed by atoms with E-state index in [1.54, 1.807) is 14.2 Å². The fourth-order valence-electron chi connectivity index (χ4n) is 4.07. The minimum absolute atomic E-state index is 0. The molecule has 1 aliphatic rings. The molecule has 0 radical (unpaired) electrons. The lowest BCUT2D eigenvalue weighted by molar-refractivity contribution is 0.415. The van der Waals surface area contributed by atoms with Crippen LogP contribution in [0.15, 0.2) is 58.0 Å². The van der Waals surface area contributed by atoms with Crippen LogP contribution < -0.4 is 20.3 Å². The zero-order chi connectivity index (χ0) is 23.0. The fraction of sp³-hybridized carbons (Fsp3) is 0.400. The molecule has 9 heteroatoms. The highest BCUT2D eigenvalue weighted by Crippen LogP contribution is 2.30. The van der Waals surface area contributed by atoms with E-state index >= 15 is 0 Å². The van der Waals surface area contributed by atoms with Gasteiger partial charge in [0.05, 0.1) is 12.8 Å². The number of nitrogens with one attached hydrogen (secondary N) is 2. The van der Waals surface area contributed by atoms with Gasteiger partial charge in [0.15, 0.2) is 11.8 Å². The Morgan fingerprint density at radius 1 is 1.24 bits per heavy atom. The van der Waals surface area contributed by atoms with Gasteiger partial charge in [-0.15, -0.1) is 24.0 Å². The third-order valence-electron chi connectivity index (χ3n) is 5.75. The second-order valence-electron chi connectivity index (χ2n) is 8.14. The van der Waals surface area contributed by atoms with E-state index in [1.807, 2.05) is 30.3 Å². The first-order chi connectivity index (χ1) is 16.2. The molecule has 1 aliphatic heterocycles. The van der Waals surface area contributed by atoms with Crippen molar-refractivity contribution < 1.29 is 9.26 Å². The van der Waals surface area contributed by atoms with Crippen LogP contribution in [0, 0.1) is 0 Å². The van der Waals surface area contributed by atoms with Crippen molar-refractivity contribution in [1.29, 1.82) is 0 Å². The fourth-order valence-corrected chi connectivity index (χ4v) is 4.07. The lowest BCUT2D eigenvalue weighted by Gasteiger charge is -2.22. The van der Waals surface area contributed by atoms with Gasteiger partial charge in [-0.3, -0.25) is 4.99 Å². The van der Waals surface area contributed by atoms with Crippen LogP contribution in [-0.4, -0.2) is 49.4 Å². The number of benzene rings is 2. The maximum atomic E-state index is 5.52. The Morgan fingerprint density at radius 3 is 2.88 bits per heavy atom. The Balaban J connectivity index is 0.00000324. The number of hydrogen-bond donors (Lipinski definition) is 2. The van der Waals surface area contributed by atoms with Crippen LogP contribution in [0.2, 0.25) is 0 Å². The van der Waals surface area contributed by atoms with E-state index in [4.69, 9.17) is 9.26 Å². The summed E-state index contributed by atoms with van der Waals surface area (Å²) in [6, 6.07) is 16.6. The highest BCUT2D eigenvalue weighted by atomic mass is 127. The summed E-state index contributed by atoms with van der Waals surface area (Å²) in [5.74, 6) is 3.00. The van der Waals surface area contributed by atoms with Crippen molar-refractivity contribution in [1.82, 2.24) is 20.8 Å². The molecule has 1 unspecified atom stereocenters. The molecular weight excluding hydrogens is 543 g/mol. The van der Waals surface area contributed by atoms with Crippen molar-refractivity contribution in [2.24, 2.45) is 4.99 Å². The van der Waals surface area contributed by atoms with E-state index < -0.39 is 0 Å². The van der Waals surface area contributed by atoms with E-state index in [0.29, 0.717) is 18.5 Å². The summed E-state index contributed by atoms with van der Waals surface area (Å²) >= 11 is 0. The topological polar surface area (TPSA) is 87.8 Å². The van der Waals surface area contributed by atoms with Crippen molar-refractivity contribution in [3.05, 3.63) is 59.9 Å². The van der Waals surface area contributed by atoms with Gasteiger partial charge >= 0.3 is 0 Å². The number of aromatic nitrogens is 2. The quantitative estimate of drug-likeness (QED) is 0.236. The molecular formula is C25H33IN6O2. The number of anilines is 1. The Kier molecular flexibility index (Phi) is 9.55. The third-order valence-corrected chi connectivity index (χ3v) is 5.75. The monoisotopic (exact) mass is 576 g/mol. The van der Waals surface area contributed by atoms with Gasteiger partial charge in [-0.1, -0.05) is 36.3 Å². The average molecular weight is 576 g/mol. The summed E-state index contributed by atoms with van der Waals surface area (Å²) in [5, 5.41) is 11.0. The number of hydrogen-bond acceptors (Lipinski definition) is 6. The summed E-state index contributed by atoms with van der Waals surface area (Å²) in [6.07, 6.45) is 2.85. The van der Waals surface area contributed by atoms with E-state index in [2.05, 4.69) is 55.8 Å². The van der Waals surface area contributed by atoms with Crippen molar-refractivity contribution in [3.8, 4) is 17.2 Å². The van der Waals surface area contributed by atoms with Crippen LogP contribution in [0.1, 0.15) is 31.2 Å². The summed E-state index contributed by atoms with van der Waals surface area (Å²) in [7, 11) is 3.51. The third kappa shape index (κ3) is 6.40. The SMILES string of the molecule is CCCc1noc(-c2cccc(CNC(=NC)NC3CCN(c4ccccc4OC)C3)c2)n1.I. The first-order valence-electron chi connectivity index (χ1n) is 11.5. The van der Waals surface area contributed by atoms with Crippen LogP contribution in [0.3, 0.4) is 0 Å². The van der Waals surface area contributed by atoms with Crippen LogP contribution in [0.25, 0.3) is 11.5 Å². The van der Waals surface area contributed by atoms with Gasteiger partial charge in [-0.2, -0.15) is 4.98 Å². The van der Waals surface area contributed by atoms with Gasteiger partial charge in [-0.25, -0.2) is 0 Å². The predicted octanol–water partition coefficient (Wildman–Crippen LogP) is 4.26. The number of para-hydroxylation sites is 2. The van der Waals surface area contributed by atoms with Gasteiger partial charge in [0.1, 0.15) is 5.75 Å². The molecule has 4 rings (SSSR count). The van der Waals surface area contributed by atoms with Crippen LogP contribution in [0.4, 0.5) is 5.69 Å². The molecule has 0 bridgehead atoms. The second kappa shape index (κ2) is 12.6. The number of aliphatic imine (C=N–C) groups is 1. The average Bonchev–Trinajstić information content (AvgIpc) is 3.52. The molecule has 1 fully saturated rings. The van der Waals surface area contributed by atoms with Gasteiger partial charge < -0.3 is 24.8 Å². The molecule has 1 aromatic heterocycles. The lowest BCUT2D eigenvalue weighted by atomic mass is 10.1. The van der Waals surface area contributed by atoms with E-state index in [1.165, 1.54) is 0 Å². The maximum Gasteiger partial charge on any atom is 0.257 e. The number of ether oxygens (including phenoxy) is 1. The molecule has 182 valence electrons. The van der Waals surface area contributed by atoms with E-state index in [-0.39, 0.29) is 24.0 Å². The van der Waals surface area contributed by atoms with Crippen molar-refractivity contribution in [2.45, 2.75) is 38.8 Å². The number of halogens is 1. The Bertz CT molecular complexity index is 1090. The number of nitrogens with zero attached hydrogens (tertiary/aromatic N) is 4. The molecule has 8 nitrogen and oxygen atoms in total. The zero-order valence-corrected chi connectivity index (χ0v) is 22.3. The highest BCUT2D eigenvalue weighted by Gasteiger charge is 2.25. The molecule has 0 aliphatic carbocycles. The first-order valence-corrected chi connectivity index (χ1v) is 11.5. The van der Waals surface area contributed by atoms with Crippen molar-refractivity contribution in [2.75, 3.05) is 32.1 Å². The molecule has 2 heterocycles. The minimum Gasteiger partial charge on any atom is -0.495 e. The molecule has 0 amide bonds. The van der Waals surface area contributed by atoms with Crippen LogP contribution >= 0.6 is 24.0 Å². The number of rotatable bonds is 8. The molecule has 0 saturated carbocycles. The Morgan fingerprint density at radius 2 is 2.09 bits per heavy atom. The van der Waals surface area contributed by atoms with Gasteiger partial charge in [0, 0.05) is 44.7 Å². The van der Waals surface area contributed by atoms with E-state index in [0.717, 1.165) is 66.7 Å². The summed E-state index contributed by atoms with van der Waals surface area (Å²) in [6.45, 7) is 4.62. The van der Waals surface area contributed by atoms with Crippen molar-refractivity contribution in [3.63, 3.8) is 0 Å². The summed E-state index contributed by atoms with van der Waals surface area (Å²) in [4.78, 5) is 11.3. The minimum atomic E-state index is 0. The zero-order valence-electron chi connectivity index (χ0n) is 20.0. The standard InChI is InChI=1S/C25H32N6O2.HI/c1-4-8-23-29-24(33-30-23)19-10-7-9-18(15-19)16-27-25(26-2)28-20-13-14-31(17-20)21-11-5-6-12-22(21)32-3;/h5-7,9-12,15,20H,4,8,13-14,16-17H2,1-3H3,(H2,26,27,28);1H. The van der Waals surface area contributed by atoms with Gasteiger partial charge in [-0.05, 0) is 42.7 Å². The molecule has 3 aromatic rings. The second-order valence-corrected chi connectivity index (χ2v) is 8.14. The normalized spacial score (nSPS) is 15.7. The largest absolute Gasteiger partial charge is 0.495 e. The maximum absolute atomic E-state index is 5.52. The molecule has 1 saturated heterocycles. The lowest BCUT2D eigenvalue weighted by Crippen LogP contribution is -2.44. The summed E-state index contributed by atoms with van der Waals surface area (Å²) < 4.78 is 11.0. The van der Waals surface area contributed by atoms with Gasteiger partial charge in [0.25, 0.3) is 5.89 Å². The molecule has 0 spiro atoms. The Hall–Kier alpha value is -2.82. The Labute approximate surface area is 218 Å². The number of aryl methyl sites for hydroxylation is 1. The smallest absolute Gasteiger partial charge is 0.257 e. The molecule has 2 aromatic carbocycles. The highest BCUT2D eigenvalue weighted by molar-refractivity contribution is 14.0. The van der Waals surface area contributed by atoms with Gasteiger partial charge in [0.2, 0.25) is 0 Å². The van der Waals surface area contributed by atoms with E-state index in [9.17, 15) is 0 Å². The van der Waals surface area contributed by atoms with Crippen molar-refractivity contribution >= 4 is 35.6 Å². The molecule has 1 atom stereocenters. The molecule has 2 N–H and O–H groups in total.